The first-order valence-electron chi connectivity index (χ1n) is 17.5. The second kappa shape index (κ2) is 19.5. The fourth-order valence-electron chi connectivity index (χ4n) is 5.92. The van der Waals surface area contributed by atoms with Crippen LogP contribution >= 0.6 is 34.5 Å². The summed E-state index contributed by atoms with van der Waals surface area (Å²) in [5.74, 6) is -6.25. The molecule has 294 valence electrons. The lowest BCUT2D eigenvalue weighted by molar-refractivity contribution is -0.145. The zero-order valence-corrected chi connectivity index (χ0v) is 31.9. The maximum absolute atomic E-state index is 14.2. The van der Waals surface area contributed by atoms with E-state index in [0.29, 0.717) is 27.4 Å². The standard InChI is InChI=1S/C39H39Cl2N5O9S/c40-24-12-11-23(27(41)19-24)18-29-35(50)43-28(15-10-21-5-2-1-3-6-21)34(49)46-31(39(54)55)17-22-8-13-25(14-9-22)42-37(52)32(47)33(48)38(53)45-30(36(51)44-29)20-26-7-4-16-56-26/h1-9,11-14,16,19,28-33,47-48H,10,15,17-18,20H2,(H,42,52)(H,43,50)(H,44,51)(H,45,53)(H,46,49)(H,54,55)/t28-,29+,30-,31-,32-,33-/m1/s1. The van der Waals surface area contributed by atoms with Crippen molar-refractivity contribution in [3.05, 3.63) is 122 Å². The molecule has 6 atom stereocenters. The molecule has 2 bridgehead atoms. The van der Waals surface area contributed by atoms with Gasteiger partial charge in [0.1, 0.15) is 24.2 Å². The number of carbonyl (C=O) groups excluding carboxylic acids is 5. The number of fused-ring (bicyclic) bond motifs is 18. The van der Waals surface area contributed by atoms with E-state index < -0.39 is 71.9 Å². The van der Waals surface area contributed by atoms with Crippen LogP contribution in [0.3, 0.4) is 0 Å². The maximum Gasteiger partial charge on any atom is 0.326 e. The van der Waals surface area contributed by atoms with Crippen LogP contribution in [0.25, 0.3) is 0 Å². The Labute approximate surface area is 335 Å². The zero-order valence-electron chi connectivity index (χ0n) is 29.6. The van der Waals surface area contributed by atoms with Gasteiger partial charge in [0.15, 0.2) is 12.2 Å². The predicted molar refractivity (Wildman–Crippen MR) is 209 cm³/mol. The summed E-state index contributed by atoms with van der Waals surface area (Å²) in [6.45, 7) is 0. The van der Waals surface area contributed by atoms with Gasteiger partial charge in [-0.3, -0.25) is 24.0 Å². The Kier molecular flexibility index (Phi) is 14.6. The lowest BCUT2D eigenvalue weighted by atomic mass is 10.0. The average Bonchev–Trinajstić information content (AvgIpc) is 3.69. The summed E-state index contributed by atoms with van der Waals surface area (Å²) in [6, 6.07) is 17.3. The number of aryl methyl sites for hydroxylation is 1. The molecule has 2 aliphatic rings. The monoisotopic (exact) mass is 823 g/mol. The van der Waals surface area contributed by atoms with E-state index in [1.54, 1.807) is 23.6 Å². The normalized spacial score (nSPS) is 22.8. The largest absolute Gasteiger partial charge is 0.480 e. The van der Waals surface area contributed by atoms with Gasteiger partial charge in [-0.1, -0.05) is 77.8 Å². The van der Waals surface area contributed by atoms with Gasteiger partial charge in [0.2, 0.25) is 17.7 Å². The molecule has 8 N–H and O–H groups in total. The number of carboxylic acids is 1. The highest BCUT2D eigenvalue weighted by Crippen LogP contribution is 2.23. The van der Waals surface area contributed by atoms with E-state index in [2.05, 4.69) is 26.6 Å². The van der Waals surface area contributed by atoms with Crippen molar-refractivity contribution in [2.45, 2.75) is 68.5 Å². The quantitative estimate of drug-likeness (QED) is 0.122. The van der Waals surface area contributed by atoms with Gasteiger partial charge in [0, 0.05) is 39.9 Å². The van der Waals surface area contributed by atoms with Crippen LogP contribution in [0.15, 0.2) is 90.3 Å². The van der Waals surface area contributed by atoms with E-state index in [0.717, 1.165) is 5.56 Å². The number of halogens is 2. The van der Waals surface area contributed by atoms with E-state index in [1.807, 2.05) is 30.3 Å². The predicted octanol–water partition coefficient (Wildman–Crippen LogP) is 2.41. The molecule has 0 saturated carbocycles. The lowest BCUT2D eigenvalue weighted by Gasteiger charge is -2.27. The van der Waals surface area contributed by atoms with Crippen LogP contribution in [0, 0.1) is 0 Å². The number of nitrogens with one attached hydrogen (secondary N) is 5. The number of aliphatic carboxylic acids is 1. The average molecular weight is 825 g/mol. The van der Waals surface area contributed by atoms with Gasteiger partial charge in [-0.2, -0.15) is 0 Å². The Morgan fingerprint density at radius 3 is 1.96 bits per heavy atom. The fraction of sp³-hybridized carbons (Fsp3) is 0.282. The van der Waals surface area contributed by atoms with Gasteiger partial charge in [-0.05, 0) is 65.2 Å². The molecule has 1 aromatic heterocycles. The number of benzene rings is 3. The van der Waals surface area contributed by atoms with Crippen LogP contribution < -0.4 is 26.6 Å². The second-order valence-corrected chi connectivity index (χ2v) is 15.0. The van der Waals surface area contributed by atoms with Crippen molar-refractivity contribution in [3.63, 3.8) is 0 Å². The minimum absolute atomic E-state index is 0.0436. The van der Waals surface area contributed by atoms with E-state index in [1.165, 1.54) is 47.7 Å². The zero-order chi connectivity index (χ0) is 40.4. The third-order valence-electron chi connectivity index (χ3n) is 9.00. The number of aliphatic hydroxyl groups excluding tert-OH is 2. The molecular formula is C39H39Cl2N5O9S. The maximum atomic E-state index is 14.2. The molecule has 0 radical (unpaired) electrons. The minimum atomic E-state index is -2.31. The first kappa shape index (κ1) is 41.8. The molecule has 0 saturated heterocycles. The summed E-state index contributed by atoms with van der Waals surface area (Å²) < 4.78 is 0. The molecule has 0 aliphatic carbocycles. The highest BCUT2D eigenvalue weighted by Gasteiger charge is 2.36. The molecule has 4 aromatic rings. The minimum Gasteiger partial charge on any atom is -0.480 e. The number of amides is 5. The molecule has 3 heterocycles. The van der Waals surface area contributed by atoms with Crippen LogP contribution in [0.1, 0.15) is 28.0 Å². The third kappa shape index (κ3) is 11.6. The number of rotatable bonds is 8. The molecule has 2 aliphatic heterocycles. The molecule has 3 aromatic carbocycles. The van der Waals surface area contributed by atoms with Crippen LogP contribution in [0.5, 0.6) is 0 Å². The van der Waals surface area contributed by atoms with E-state index in [-0.39, 0.29) is 36.4 Å². The molecule has 0 spiro atoms. The summed E-state index contributed by atoms with van der Waals surface area (Å²) in [5, 5.41) is 46.3. The molecule has 0 unspecified atom stereocenters. The van der Waals surface area contributed by atoms with Crippen molar-refractivity contribution in [2.75, 3.05) is 5.32 Å². The number of hydrogen-bond acceptors (Lipinski definition) is 9. The summed E-state index contributed by atoms with van der Waals surface area (Å²) >= 11 is 13.9. The van der Waals surface area contributed by atoms with Gasteiger partial charge >= 0.3 is 5.97 Å². The Hall–Kier alpha value is -5.32. The van der Waals surface area contributed by atoms with Gasteiger partial charge in [0.25, 0.3) is 11.8 Å². The van der Waals surface area contributed by atoms with Crippen molar-refractivity contribution in [1.82, 2.24) is 21.3 Å². The third-order valence-corrected chi connectivity index (χ3v) is 10.5. The van der Waals surface area contributed by atoms with Crippen molar-refractivity contribution < 1.29 is 44.1 Å². The van der Waals surface area contributed by atoms with E-state index in [9.17, 15) is 44.1 Å². The molecule has 5 amide bonds. The van der Waals surface area contributed by atoms with Crippen molar-refractivity contribution >= 4 is 75.7 Å². The van der Waals surface area contributed by atoms with Crippen LogP contribution in [-0.4, -0.2) is 87.2 Å². The van der Waals surface area contributed by atoms with Crippen LogP contribution in [-0.2, 0) is 54.5 Å². The number of anilines is 1. The van der Waals surface area contributed by atoms with Gasteiger partial charge < -0.3 is 41.9 Å². The Balaban J connectivity index is 1.53. The summed E-state index contributed by atoms with van der Waals surface area (Å²) in [5.41, 5.74) is 1.84. The van der Waals surface area contributed by atoms with Crippen LogP contribution in [0.4, 0.5) is 5.69 Å². The van der Waals surface area contributed by atoms with Crippen molar-refractivity contribution in [2.24, 2.45) is 0 Å². The first-order valence-corrected chi connectivity index (χ1v) is 19.1. The van der Waals surface area contributed by atoms with Crippen molar-refractivity contribution in [3.8, 4) is 0 Å². The number of hydrogen-bond donors (Lipinski definition) is 8. The fourth-order valence-corrected chi connectivity index (χ4v) is 7.15. The molecular weight excluding hydrogens is 785 g/mol. The topological polar surface area (TPSA) is 223 Å². The number of carbonyl (C=O) groups is 6. The van der Waals surface area contributed by atoms with E-state index in [4.69, 9.17) is 23.2 Å². The Bertz CT molecular complexity index is 2040. The molecule has 14 nitrogen and oxygen atoms in total. The molecule has 17 heteroatoms. The number of thiophene rings is 1. The van der Waals surface area contributed by atoms with Crippen LogP contribution in [0.2, 0.25) is 10.0 Å². The molecule has 56 heavy (non-hydrogen) atoms. The Morgan fingerprint density at radius 2 is 1.32 bits per heavy atom. The Morgan fingerprint density at radius 1 is 0.696 bits per heavy atom. The summed E-state index contributed by atoms with van der Waals surface area (Å²) in [6.07, 6.45) is -4.72. The van der Waals surface area contributed by atoms with E-state index >= 15 is 0 Å². The highest BCUT2D eigenvalue weighted by molar-refractivity contribution is 7.09. The SMILES string of the molecule is O=C1N[C@H](CCc2ccccc2)C(=O)N[C@@H](C(=O)O)Cc2ccc(cc2)NC(=O)[C@H](O)[C@@H](O)C(=O)N[C@H](Cc2cccs2)C(=O)N[C@H]1Cc1ccc(Cl)cc1Cl. The lowest BCUT2D eigenvalue weighted by Crippen LogP contribution is -2.59. The van der Waals surface area contributed by atoms with Gasteiger partial charge in [-0.25, -0.2) is 4.79 Å². The number of carboxylic acid groups (broad SMARTS) is 1. The second-order valence-electron chi connectivity index (χ2n) is 13.1. The smallest absolute Gasteiger partial charge is 0.326 e. The van der Waals surface area contributed by atoms with Gasteiger partial charge in [0.05, 0.1) is 0 Å². The molecule has 6 rings (SSSR count). The summed E-state index contributed by atoms with van der Waals surface area (Å²) in [4.78, 5) is 81.4. The molecule has 0 fully saturated rings. The number of aliphatic hydroxyl groups is 2. The van der Waals surface area contributed by atoms with Crippen molar-refractivity contribution in [1.29, 1.82) is 0 Å². The first-order chi connectivity index (χ1) is 26.8. The highest BCUT2D eigenvalue weighted by atomic mass is 35.5. The summed E-state index contributed by atoms with van der Waals surface area (Å²) in [7, 11) is 0. The van der Waals surface area contributed by atoms with Gasteiger partial charge in [-0.15, -0.1) is 11.3 Å².